The van der Waals surface area contributed by atoms with Crippen LogP contribution in [0.15, 0.2) is 48.5 Å². The van der Waals surface area contributed by atoms with E-state index in [0.29, 0.717) is 26.1 Å². The Hall–Kier alpha value is -3.65. The smallest absolute Gasteiger partial charge is 0.332 e. The topological polar surface area (TPSA) is 94.7 Å². The van der Waals surface area contributed by atoms with Gasteiger partial charge in [0.05, 0.1) is 23.6 Å². The van der Waals surface area contributed by atoms with Crippen LogP contribution in [0, 0.1) is 0 Å². The van der Waals surface area contributed by atoms with E-state index in [0.717, 1.165) is 27.1 Å². The fourth-order valence-corrected chi connectivity index (χ4v) is 4.83. The average molecular weight is 432 g/mol. The predicted octanol–water partition coefficient (Wildman–Crippen LogP) is 2.78. The lowest BCUT2D eigenvalue weighted by Crippen LogP contribution is -2.49. The van der Waals surface area contributed by atoms with Crippen LogP contribution >= 0.6 is 0 Å². The second-order valence-electron chi connectivity index (χ2n) is 8.19. The van der Waals surface area contributed by atoms with Crippen LogP contribution in [0.4, 0.5) is 10.5 Å². The van der Waals surface area contributed by atoms with E-state index in [-0.39, 0.29) is 23.1 Å². The molecule has 1 saturated heterocycles. The highest BCUT2D eigenvalue weighted by Crippen LogP contribution is 2.45. The van der Waals surface area contributed by atoms with Crippen molar-refractivity contribution in [3.05, 3.63) is 65.4 Å². The number of amides is 4. The number of hydrogen-bond acceptors (Lipinski definition) is 4. The molecule has 2 N–H and O–H groups in total. The average Bonchev–Trinajstić information content (AvgIpc) is 3.28. The monoisotopic (exact) mass is 432 g/mol. The van der Waals surface area contributed by atoms with E-state index in [2.05, 4.69) is 10.3 Å². The molecule has 2 aliphatic heterocycles. The Morgan fingerprint density at radius 2 is 1.91 bits per heavy atom. The molecular weight excluding hydrogens is 408 g/mol. The van der Waals surface area contributed by atoms with Crippen molar-refractivity contribution in [1.29, 1.82) is 0 Å². The minimum Gasteiger partial charge on any atom is -0.383 e. The summed E-state index contributed by atoms with van der Waals surface area (Å²) in [6.45, 7) is 2.90. The lowest BCUT2D eigenvalue weighted by molar-refractivity contribution is -0.125. The maximum atomic E-state index is 13.8. The molecule has 1 aromatic heterocycles. The van der Waals surface area contributed by atoms with Crippen molar-refractivity contribution >= 4 is 34.4 Å². The minimum absolute atomic E-state index is 0.269. The fourth-order valence-electron chi connectivity index (χ4n) is 4.83. The maximum absolute atomic E-state index is 13.8. The molecular formula is C24H24N4O4. The van der Waals surface area contributed by atoms with Gasteiger partial charge in [0.15, 0.2) is 5.54 Å². The Morgan fingerprint density at radius 3 is 2.72 bits per heavy atom. The minimum atomic E-state index is -1.16. The Bertz CT molecular complexity index is 1250. The zero-order valence-electron chi connectivity index (χ0n) is 18.0. The molecule has 5 rings (SSSR count). The van der Waals surface area contributed by atoms with Crippen LogP contribution < -0.4 is 10.2 Å². The van der Waals surface area contributed by atoms with E-state index < -0.39 is 11.6 Å². The van der Waals surface area contributed by atoms with E-state index in [4.69, 9.17) is 4.74 Å². The number of hydrogen-bond donors (Lipinski definition) is 2. The summed E-state index contributed by atoms with van der Waals surface area (Å²) >= 11 is 0. The molecule has 0 radical (unpaired) electrons. The first-order chi connectivity index (χ1) is 15.5. The number of fused-ring (bicyclic) bond motifs is 5. The molecule has 2 aliphatic rings. The van der Waals surface area contributed by atoms with Crippen LogP contribution in [-0.2, 0) is 21.5 Å². The fraction of sp³-hybridized carbons (Fsp3) is 0.292. The molecule has 3 heterocycles. The normalized spacial score (nSPS) is 19.9. The highest BCUT2D eigenvalue weighted by Gasteiger charge is 2.59. The summed E-state index contributed by atoms with van der Waals surface area (Å²) in [6, 6.07) is 14.2. The lowest BCUT2D eigenvalue weighted by Gasteiger charge is -2.35. The Kier molecular flexibility index (Phi) is 4.74. The molecule has 3 aromatic rings. The van der Waals surface area contributed by atoms with Gasteiger partial charge in [-0.25, -0.2) is 9.69 Å². The third-order valence-electron chi connectivity index (χ3n) is 6.45. The number of anilines is 1. The van der Waals surface area contributed by atoms with E-state index in [1.165, 1.54) is 0 Å². The van der Waals surface area contributed by atoms with Crippen LogP contribution in [0.5, 0.6) is 0 Å². The van der Waals surface area contributed by atoms with Gasteiger partial charge in [-0.1, -0.05) is 30.3 Å². The summed E-state index contributed by atoms with van der Waals surface area (Å²) in [7, 11) is 1.55. The Balaban J connectivity index is 1.58. The number of methoxy groups -OCH3 is 1. The van der Waals surface area contributed by atoms with E-state index >= 15 is 0 Å². The van der Waals surface area contributed by atoms with Crippen molar-refractivity contribution in [3.63, 3.8) is 0 Å². The number of para-hydroxylation sites is 2. The molecule has 0 bridgehead atoms. The van der Waals surface area contributed by atoms with Gasteiger partial charge in [-0.05, 0) is 37.1 Å². The number of nitrogens with one attached hydrogen (secondary N) is 2. The number of rotatable bonds is 5. The number of H-pyrrole nitrogens is 1. The van der Waals surface area contributed by atoms with Gasteiger partial charge in [-0.3, -0.25) is 9.59 Å². The van der Waals surface area contributed by atoms with Gasteiger partial charge < -0.3 is 19.9 Å². The first-order valence-corrected chi connectivity index (χ1v) is 10.6. The number of imide groups is 1. The Labute approximate surface area is 185 Å². The highest BCUT2D eigenvalue weighted by atomic mass is 16.5. The van der Waals surface area contributed by atoms with Gasteiger partial charge in [0, 0.05) is 31.1 Å². The van der Waals surface area contributed by atoms with Crippen LogP contribution in [-0.4, -0.2) is 54.5 Å². The second-order valence-corrected chi connectivity index (χ2v) is 8.19. The highest BCUT2D eigenvalue weighted by molar-refractivity contribution is 6.25. The van der Waals surface area contributed by atoms with Crippen molar-refractivity contribution in [2.75, 3.05) is 31.7 Å². The number of carbonyl (C=O) groups excluding carboxylic acids is 3. The van der Waals surface area contributed by atoms with Crippen molar-refractivity contribution in [1.82, 2.24) is 15.2 Å². The largest absolute Gasteiger partial charge is 0.383 e. The van der Waals surface area contributed by atoms with Gasteiger partial charge in [0.2, 0.25) is 0 Å². The standard InChI is InChI=1S/C24H24N4O4/c1-24-20-16(15-7-3-5-9-18(15)26-20)11-13-27(24)23(31)28(22(24)30)19-10-6-4-8-17(19)21(29)25-12-14-32-2/h3-10,26H,11-14H2,1-2H3,(H,25,29). The number of carbonyl (C=O) groups is 3. The van der Waals surface area contributed by atoms with E-state index in [1.54, 1.807) is 43.2 Å². The summed E-state index contributed by atoms with van der Waals surface area (Å²) < 4.78 is 4.98. The molecule has 4 amide bonds. The molecule has 32 heavy (non-hydrogen) atoms. The molecule has 8 nitrogen and oxygen atoms in total. The summed E-state index contributed by atoms with van der Waals surface area (Å²) in [5.41, 5.74) is 2.14. The molecule has 164 valence electrons. The van der Waals surface area contributed by atoms with Crippen molar-refractivity contribution in [2.45, 2.75) is 18.9 Å². The number of nitrogens with zero attached hydrogens (tertiary/aromatic N) is 2. The first kappa shape index (κ1) is 20.3. The first-order valence-electron chi connectivity index (χ1n) is 10.6. The summed E-state index contributed by atoms with van der Waals surface area (Å²) in [6.07, 6.45) is 0.654. The molecule has 1 atom stereocenters. The second kappa shape index (κ2) is 7.49. The molecule has 0 aliphatic carbocycles. The SMILES string of the molecule is COCCNC(=O)c1ccccc1N1C(=O)N2CCc3c([nH]c4ccccc34)C2(C)C1=O. The number of urea groups is 1. The summed E-state index contributed by atoms with van der Waals surface area (Å²) in [5.74, 6) is -0.730. The van der Waals surface area contributed by atoms with Gasteiger partial charge >= 0.3 is 6.03 Å². The van der Waals surface area contributed by atoms with Crippen LogP contribution in [0.25, 0.3) is 10.9 Å². The maximum Gasteiger partial charge on any atom is 0.332 e. The van der Waals surface area contributed by atoms with Crippen LogP contribution in [0.3, 0.4) is 0 Å². The molecule has 2 aromatic carbocycles. The quantitative estimate of drug-likeness (QED) is 0.479. The van der Waals surface area contributed by atoms with Gasteiger partial charge in [-0.15, -0.1) is 0 Å². The molecule has 1 unspecified atom stereocenters. The Morgan fingerprint density at radius 1 is 1.16 bits per heavy atom. The third kappa shape index (κ3) is 2.76. The zero-order chi connectivity index (χ0) is 22.5. The van der Waals surface area contributed by atoms with Crippen LogP contribution in [0.1, 0.15) is 28.5 Å². The summed E-state index contributed by atoms with van der Waals surface area (Å²) in [4.78, 5) is 46.2. The van der Waals surface area contributed by atoms with Gasteiger partial charge in [0.1, 0.15) is 0 Å². The van der Waals surface area contributed by atoms with Crippen molar-refractivity contribution < 1.29 is 19.1 Å². The number of aromatic amines is 1. The summed E-state index contributed by atoms with van der Waals surface area (Å²) in [5, 5.41) is 3.84. The van der Waals surface area contributed by atoms with E-state index in [9.17, 15) is 14.4 Å². The zero-order valence-corrected chi connectivity index (χ0v) is 18.0. The number of aromatic nitrogens is 1. The molecule has 1 fully saturated rings. The number of ether oxygens (including phenoxy) is 1. The van der Waals surface area contributed by atoms with E-state index in [1.807, 2.05) is 24.3 Å². The van der Waals surface area contributed by atoms with Crippen molar-refractivity contribution in [3.8, 4) is 0 Å². The predicted molar refractivity (Wildman–Crippen MR) is 120 cm³/mol. The number of benzene rings is 2. The van der Waals surface area contributed by atoms with Gasteiger partial charge in [0.25, 0.3) is 11.8 Å². The van der Waals surface area contributed by atoms with Crippen molar-refractivity contribution in [2.24, 2.45) is 0 Å². The van der Waals surface area contributed by atoms with Crippen LogP contribution in [0.2, 0.25) is 0 Å². The lowest BCUT2D eigenvalue weighted by atomic mass is 9.87. The molecule has 0 saturated carbocycles. The van der Waals surface area contributed by atoms with Gasteiger partial charge in [-0.2, -0.15) is 0 Å². The molecule has 0 spiro atoms. The molecule has 8 heteroatoms. The third-order valence-corrected chi connectivity index (χ3v) is 6.45.